The SMILES string of the molecule is CC(C)(C)NC(=O)OC[C@@H](NC(=O)N[C@H](C(=O)N1C[C@H]2[C@@H]([C@H]1C(=O)NC(CC1CCC1)C(=O)C(N)=O)C2(C)C)C(C)(C)C)C(C)(C)C.CCNC(=O)OC[C@@H](NC(=O)N[C@H](C(=O)N1C[C@H]2[C@@H]([C@H]1C(=O)NC(CC1CC1)C(=O)C(N)=O)C2(C)C)C1Cc2ccccc2C1)C(C)(C)C.CNC(=O)OC[C@@H](NC(=O)N[C@H](C(=O)N1C[C@H]2[C@@H]([C@H]1C(=O)NC(CC1CC1)C(=O)C(N)=O)C2(C)C)C1Cc2ccccc2C1)C(C)(C)C. The highest BCUT2D eigenvalue weighted by atomic mass is 16.6. The smallest absolute Gasteiger partial charge is 0.407 e. The third-order valence-electron chi connectivity index (χ3n) is 32.0. The summed E-state index contributed by atoms with van der Waals surface area (Å²) in [5.74, 6) is -8.56. The molecule has 0 spiro atoms. The Labute approximate surface area is 846 Å². The number of nitrogens with two attached hydrogens (primary N) is 3. The summed E-state index contributed by atoms with van der Waals surface area (Å²) in [5, 5.41) is 33.6. The first kappa shape index (κ1) is 113. The number of hydrogen-bond acceptors (Lipinski definition) is 21. The van der Waals surface area contributed by atoms with Crippen LogP contribution < -0.4 is 81.0 Å². The summed E-state index contributed by atoms with van der Waals surface area (Å²) in [6, 6.07) is 3.61. The zero-order valence-corrected chi connectivity index (χ0v) is 88.4. The van der Waals surface area contributed by atoms with Crippen molar-refractivity contribution in [3.63, 3.8) is 0 Å². The number of carbonyl (C=O) groups is 18. The second-order valence-electron chi connectivity index (χ2n) is 49.1. The maximum atomic E-state index is 14.7. The van der Waals surface area contributed by atoms with E-state index in [0.717, 1.165) is 67.2 Å². The van der Waals surface area contributed by atoms with Crippen LogP contribution in [-0.2, 0) is 97.4 Å². The number of urea groups is 3. The summed E-state index contributed by atoms with van der Waals surface area (Å²) in [5.41, 5.74) is 17.1. The predicted octanol–water partition coefficient (Wildman–Crippen LogP) is 6.57. The fraction of sp³-hybridized carbons (Fsp3) is 0.714. The Morgan fingerprint density at radius 3 is 0.938 bits per heavy atom. The Morgan fingerprint density at radius 1 is 0.382 bits per heavy atom. The normalized spacial score (nSPS) is 24.1. The molecule has 11 aliphatic rings. The molecule has 6 saturated carbocycles. The number of carbonyl (C=O) groups excluding carboxylic acids is 18. The molecule has 18 atom stereocenters. The Bertz CT molecular complexity index is 5130. The van der Waals surface area contributed by atoms with Crippen LogP contribution in [0.1, 0.15) is 239 Å². The van der Waals surface area contributed by atoms with E-state index in [9.17, 15) is 86.3 Å². The molecule has 796 valence electrons. The summed E-state index contributed by atoms with van der Waals surface area (Å²) in [7, 11) is 1.45. The number of piperidine rings is 3. The second kappa shape index (κ2) is 44.3. The molecule has 39 heteroatoms. The Morgan fingerprint density at radius 2 is 0.674 bits per heavy atom. The number of benzene rings is 2. The number of primary amides is 3. The van der Waals surface area contributed by atoms with Crippen molar-refractivity contribution < 1.29 is 101 Å². The van der Waals surface area contributed by atoms with E-state index in [2.05, 4.69) is 91.5 Å². The number of alkyl carbamates (subject to hydrolysis) is 3. The summed E-state index contributed by atoms with van der Waals surface area (Å²) in [4.78, 5) is 241. The van der Waals surface area contributed by atoms with Crippen molar-refractivity contribution in [2.24, 2.45) is 120 Å². The van der Waals surface area contributed by atoms with Crippen molar-refractivity contribution in [2.75, 3.05) is 53.0 Å². The van der Waals surface area contributed by atoms with Gasteiger partial charge in [0.15, 0.2) is 0 Å². The van der Waals surface area contributed by atoms with Gasteiger partial charge in [-0.3, -0.25) is 57.5 Å². The van der Waals surface area contributed by atoms with Gasteiger partial charge in [-0.2, -0.15) is 0 Å². The first-order valence-electron chi connectivity index (χ1n) is 51.3. The summed E-state index contributed by atoms with van der Waals surface area (Å²) in [6.07, 6.45) is 7.94. The Kier molecular flexibility index (Phi) is 34.7. The molecule has 13 rings (SSSR count). The van der Waals surface area contributed by atoms with Crippen LogP contribution in [0.3, 0.4) is 0 Å². The number of nitrogens with one attached hydrogen (secondary N) is 12. The monoisotopic (exact) mass is 2010 g/mol. The summed E-state index contributed by atoms with van der Waals surface area (Å²) >= 11 is 0. The van der Waals surface area contributed by atoms with E-state index in [-0.39, 0.29) is 113 Å². The number of Topliss-reactive ketones (excluding diaryl/α,β-unsaturated/α-hetero) is 3. The molecule has 0 radical (unpaired) electrons. The van der Waals surface area contributed by atoms with E-state index in [1.807, 2.05) is 166 Å². The van der Waals surface area contributed by atoms with Crippen LogP contribution in [0, 0.1) is 103 Å². The van der Waals surface area contributed by atoms with Gasteiger partial charge in [0.2, 0.25) is 52.8 Å². The molecule has 3 unspecified atom stereocenters. The maximum Gasteiger partial charge on any atom is 0.407 e. The third kappa shape index (κ3) is 27.5. The van der Waals surface area contributed by atoms with Crippen molar-refractivity contribution in [2.45, 2.75) is 320 Å². The number of ether oxygens (including phenoxy) is 3. The summed E-state index contributed by atoms with van der Waals surface area (Å²) < 4.78 is 16.0. The molecule has 8 aliphatic carbocycles. The standard InChI is InChI=1S/C36H52N6O7.C35H50N6O7.C34H58N6O7/c1-7-38-34(48)49-18-25(35(2,3)4)40-33(47)41-27(22-15-20-10-8-9-11-21(20)16-22)32(46)42-17-23-26(36(23,5)6)28(42)31(45)39-24(14-19-12-13-19)29(43)30(37)44;1-34(2,3)24(17-48-33(47)37-6)39-32(46)40-26(21-14-19-9-7-8-10-20(19)15-21)31(45)41-16-22-25(35(22,4)5)27(41)30(44)38-23(13-18-11-12-18)28(42)29(36)43;1-31(2,3)21(17-47-30(46)39-33(7,8)9)37-29(45)38-25(32(4,5)6)28(44)40-16-19-22(34(19,10)11)23(40)27(43)36-20(24(41)26(35)42)15-18-13-12-14-18/h8-11,19,22-28H,7,12-18H2,1-6H3,(H2,37,44)(H,38,48)(H,39,45)(H2,40,41,47);7-10,18,21-27H,11-17H2,1-6H3,(H2,36,43)(H,37,47)(H,38,44)(H2,39,40,46);18-23,25H,12-17H2,1-11H3,(H2,35,42)(H,36,43)(H,39,46)(H2,37,38,45)/t23-,24?,25+,26-,27-,28-;22-,23?,24+,25-,26-,27-;19-,20?,21+,22-,23-,25+/m000/s1. The average molecular weight is 2010 g/mol. The van der Waals surface area contributed by atoms with Crippen LogP contribution in [0.25, 0.3) is 0 Å². The average Bonchev–Trinajstić information content (AvgIpc) is 1.53. The van der Waals surface area contributed by atoms with Crippen molar-refractivity contribution in [3.8, 4) is 0 Å². The zero-order chi connectivity index (χ0) is 107. The Hall–Kier alpha value is -11.7. The summed E-state index contributed by atoms with van der Waals surface area (Å²) in [6.45, 7) is 43.4. The number of amides is 18. The lowest BCUT2D eigenvalue weighted by Crippen LogP contribution is -2.62. The van der Waals surface area contributed by atoms with E-state index in [4.69, 9.17) is 31.4 Å². The van der Waals surface area contributed by atoms with E-state index in [1.165, 1.54) is 11.9 Å². The molecule has 3 heterocycles. The van der Waals surface area contributed by atoms with Crippen LogP contribution in [0.15, 0.2) is 48.5 Å². The number of nitrogens with zero attached hydrogens (tertiary/aromatic N) is 3. The number of fused-ring (bicyclic) bond motifs is 5. The Balaban J connectivity index is 0.000000206. The minimum atomic E-state index is -1.10. The van der Waals surface area contributed by atoms with Gasteiger partial charge in [0.1, 0.15) is 56.1 Å². The van der Waals surface area contributed by atoms with Gasteiger partial charge in [-0.1, -0.05) is 218 Å². The van der Waals surface area contributed by atoms with Gasteiger partial charge in [0.05, 0.1) is 36.3 Å². The number of rotatable bonds is 36. The van der Waals surface area contributed by atoms with Gasteiger partial charge in [-0.05, 0) is 198 Å². The first-order chi connectivity index (χ1) is 66.9. The minimum Gasteiger partial charge on any atom is -0.447 e. The van der Waals surface area contributed by atoms with Gasteiger partial charge in [-0.25, -0.2) is 28.8 Å². The fourth-order valence-electron chi connectivity index (χ4n) is 22.1. The molecular formula is C105H160N18O21. The van der Waals surface area contributed by atoms with E-state index in [1.54, 1.807) is 16.7 Å². The number of hydrogen-bond donors (Lipinski definition) is 15. The molecule has 18 amide bonds. The van der Waals surface area contributed by atoms with E-state index >= 15 is 0 Å². The van der Waals surface area contributed by atoms with Crippen molar-refractivity contribution in [1.29, 1.82) is 0 Å². The molecule has 0 bridgehead atoms. The van der Waals surface area contributed by atoms with E-state index in [0.29, 0.717) is 71.1 Å². The molecule has 0 aromatic heterocycles. The van der Waals surface area contributed by atoms with Gasteiger partial charge >= 0.3 is 36.4 Å². The van der Waals surface area contributed by atoms with Gasteiger partial charge in [0.25, 0.3) is 17.7 Å². The highest BCUT2D eigenvalue weighted by Gasteiger charge is 2.73. The number of ketones is 3. The number of likely N-dealkylation sites (tertiary alicyclic amines) is 3. The molecule has 39 nitrogen and oxygen atoms in total. The quantitative estimate of drug-likeness (QED) is 0.0253. The molecule has 144 heavy (non-hydrogen) atoms. The molecule has 9 fully saturated rings. The van der Waals surface area contributed by atoms with Crippen LogP contribution in [0.4, 0.5) is 28.8 Å². The lowest BCUT2D eigenvalue weighted by atomic mass is 9.80. The fourth-order valence-corrected chi connectivity index (χ4v) is 22.1. The van der Waals surface area contributed by atoms with E-state index < -0.39 is 195 Å². The van der Waals surface area contributed by atoms with Gasteiger partial charge < -0.3 is 110 Å². The highest BCUT2D eigenvalue weighted by molar-refractivity contribution is 6.39. The maximum absolute atomic E-state index is 14.7. The topological polar surface area (TPSA) is 567 Å². The van der Waals surface area contributed by atoms with Crippen molar-refractivity contribution >= 4 is 107 Å². The van der Waals surface area contributed by atoms with Crippen LogP contribution in [0.5, 0.6) is 0 Å². The molecule has 3 aliphatic heterocycles. The van der Waals surface area contributed by atoms with Crippen LogP contribution in [0.2, 0.25) is 0 Å². The van der Waals surface area contributed by atoms with Gasteiger partial charge in [0, 0.05) is 38.8 Å². The lowest BCUT2D eigenvalue weighted by Gasteiger charge is -2.39. The first-order valence-corrected chi connectivity index (χ1v) is 51.3. The molecular weight excluding hydrogens is 1850 g/mol. The molecule has 18 N–H and O–H groups in total. The molecule has 3 saturated heterocycles. The van der Waals surface area contributed by atoms with Gasteiger partial charge in [-0.15, -0.1) is 0 Å². The predicted molar refractivity (Wildman–Crippen MR) is 534 cm³/mol. The zero-order valence-electron chi connectivity index (χ0n) is 88.4. The highest BCUT2D eigenvalue weighted by Crippen LogP contribution is 2.67. The lowest BCUT2D eigenvalue weighted by molar-refractivity contribution is -0.145. The van der Waals surface area contributed by atoms with Crippen molar-refractivity contribution in [3.05, 3.63) is 70.8 Å². The second-order valence-corrected chi connectivity index (χ2v) is 49.1. The van der Waals surface area contributed by atoms with Crippen LogP contribution in [-0.4, -0.2) is 253 Å². The minimum absolute atomic E-state index is 0.0628. The molecule has 2 aromatic carbocycles. The van der Waals surface area contributed by atoms with Crippen molar-refractivity contribution in [1.82, 2.24) is 78.5 Å². The largest absolute Gasteiger partial charge is 0.447 e. The molecule has 2 aromatic rings. The van der Waals surface area contributed by atoms with Crippen LogP contribution >= 0.6 is 0 Å². The third-order valence-corrected chi connectivity index (χ3v) is 32.0.